The number of amides is 1. The first-order valence-corrected chi connectivity index (χ1v) is 13.0. The Balaban J connectivity index is 1.42. The van der Waals surface area contributed by atoms with Crippen molar-refractivity contribution in [1.82, 2.24) is 20.0 Å². The van der Waals surface area contributed by atoms with Crippen LogP contribution >= 0.6 is 0 Å². The third-order valence-electron chi connectivity index (χ3n) is 7.60. The van der Waals surface area contributed by atoms with Crippen LogP contribution in [0.3, 0.4) is 0 Å². The Morgan fingerprint density at radius 1 is 1.03 bits per heavy atom. The van der Waals surface area contributed by atoms with Crippen LogP contribution in [0.2, 0.25) is 0 Å². The number of carbonyl (C=O) groups excluding carboxylic acids is 1. The topological polar surface area (TPSA) is 68.6 Å². The number of ether oxygens (including phenoxy) is 2. The number of nitrogens with one attached hydrogen (secondary N) is 1. The van der Waals surface area contributed by atoms with E-state index < -0.39 is 0 Å². The van der Waals surface area contributed by atoms with Gasteiger partial charge in [-0.15, -0.1) is 0 Å². The van der Waals surface area contributed by atoms with Crippen molar-refractivity contribution in [2.75, 3.05) is 40.0 Å². The smallest absolute Gasteiger partial charge is 0.255 e. The lowest BCUT2D eigenvalue weighted by atomic mass is 9.79. The van der Waals surface area contributed by atoms with Crippen LogP contribution in [0.25, 0.3) is 11.3 Å². The van der Waals surface area contributed by atoms with E-state index in [2.05, 4.69) is 22.3 Å². The molecule has 1 aliphatic carbocycles. The first-order valence-electron chi connectivity index (χ1n) is 13.0. The number of methoxy groups -OCH3 is 1. The van der Waals surface area contributed by atoms with E-state index in [1.165, 1.54) is 19.3 Å². The molecule has 7 nitrogen and oxygen atoms in total. The lowest BCUT2D eigenvalue weighted by molar-refractivity contribution is -0.0361. The van der Waals surface area contributed by atoms with Gasteiger partial charge in [-0.3, -0.25) is 14.4 Å². The zero-order valence-electron chi connectivity index (χ0n) is 21.1. The lowest BCUT2D eigenvalue weighted by Gasteiger charge is -2.48. The molecule has 1 saturated carbocycles. The number of rotatable bonds is 8. The molecule has 0 bridgehead atoms. The van der Waals surface area contributed by atoms with Crippen LogP contribution in [0, 0.1) is 0 Å². The van der Waals surface area contributed by atoms with Crippen molar-refractivity contribution in [3.8, 4) is 17.0 Å². The molecular formula is C29H36N4O3. The van der Waals surface area contributed by atoms with E-state index in [4.69, 9.17) is 14.6 Å². The minimum Gasteiger partial charge on any atom is -0.496 e. The summed E-state index contributed by atoms with van der Waals surface area (Å²) in [5.74, 6) is 0.613. The normalized spacial score (nSPS) is 18.0. The molecular weight excluding hydrogens is 452 g/mol. The van der Waals surface area contributed by atoms with Gasteiger partial charge in [-0.1, -0.05) is 61.7 Å². The van der Waals surface area contributed by atoms with Crippen LogP contribution in [0.4, 0.5) is 0 Å². The van der Waals surface area contributed by atoms with Crippen molar-refractivity contribution in [2.45, 2.75) is 44.2 Å². The van der Waals surface area contributed by atoms with E-state index in [1.54, 1.807) is 7.11 Å². The summed E-state index contributed by atoms with van der Waals surface area (Å²) in [6.07, 6.45) is 7.76. The van der Waals surface area contributed by atoms with E-state index in [-0.39, 0.29) is 11.4 Å². The molecule has 7 heteroatoms. The number of hydrogen-bond acceptors (Lipinski definition) is 5. The number of benzene rings is 2. The highest BCUT2D eigenvalue weighted by molar-refractivity contribution is 6.00. The number of nitrogens with zero attached hydrogens (tertiary/aromatic N) is 3. The summed E-state index contributed by atoms with van der Waals surface area (Å²) in [6, 6.07) is 17.9. The van der Waals surface area contributed by atoms with Crippen molar-refractivity contribution in [3.63, 3.8) is 0 Å². The summed E-state index contributed by atoms with van der Waals surface area (Å²) in [6.45, 7) is 4.61. The van der Waals surface area contributed by atoms with Gasteiger partial charge in [-0.05, 0) is 30.5 Å². The highest BCUT2D eigenvalue weighted by atomic mass is 16.5. The molecule has 1 aliphatic heterocycles. The zero-order chi connectivity index (χ0) is 24.8. The summed E-state index contributed by atoms with van der Waals surface area (Å²) < 4.78 is 13.1. The molecule has 2 aromatic carbocycles. The Kier molecular flexibility index (Phi) is 7.68. The SMILES string of the molecule is COc1ccccc1-c1nn(Cc2ccccc2)cc1C(=O)NCC1(N2CCOCC2)CCCCC1. The molecule has 3 aromatic rings. The van der Waals surface area contributed by atoms with Gasteiger partial charge in [0.15, 0.2) is 0 Å². The lowest BCUT2D eigenvalue weighted by Crippen LogP contribution is -2.59. The molecule has 1 saturated heterocycles. The maximum Gasteiger partial charge on any atom is 0.255 e. The van der Waals surface area contributed by atoms with Gasteiger partial charge < -0.3 is 14.8 Å². The van der Waals surface area contributed by atoms with Gasteiger partial charge in [0, 0.05) is 36.9 Å². The summed E-state index contributed by atoms with van der Waals surface area (Å²) in [4.78, 5) is 16.3. The fraction of sp³-hybridized carbons (Fsp3) is 0.448. The zero-order valence-corrected chi connectivity index (χ0v) is 21.1. The molecule has 0 atom stereocenters. The Bertz CT molecular complexity index is 1150. The Morgan fingerprint density at radius 3 is 2.50 bits per heavy atom. The summed E-state index contributed by atoms with van der Waals surface area (Å²) in [5.41, 5.74) is 3.17. The molecule has 1 amide bonds. The van der Waals surface area contributed by atoms with Gasteiger partial charge in [-0.2, -0.15) is 5.10 Å². The van der Waals surface area contributed by atoms with E-state index in [9.17, 15) is 4.79 Å². The highest BCUT2D eigenvalue weighted by Gasteiger charge is 2.39. The molecule has 190 valence electrons. The molecule has 0 spiro atoms. The number of para-hydroxylation sites is 1. The molecule has 2 heterocycles. The highest BCUT2D eigenvalue weighted by Crippen LogP contribution is 2.35. The van der Waals surface area contributed by atoms with Crippen LogP contribution in [0.15, 0.2) is 60.8 Å². The van der Waals surface area contributed by atoms with Gasteiger partial charge >= 0.3 is 0 Å². The molecule has 1 aromatic heterocycles. The molecule has 1 N–H and O–H groups in total. The van der Waals surface area contributed by atoms with E-state index in [0.29, 0.717) is 30.1 Å². The van der Waals surface area contributed by atoms with Gasteiger partial charge in [0.25, 0.3) is 5.91 Å². The molecule has 5 rings (SSSR count). The molecule has 2 fully saturated rings. The molecule has 0 unspecified atom stereocenters. The second-order valence-corrected chi connectivity index (χ2v) is 9.84. The minimum atomic E-state index is -0.0894. The van der Waals surface area contributed by atoms with Gasteiger partial charge in [-0.25, -0.2) is 0 Å². The van der Waals surface area contributed by atoms with Crippen LogP contribution in [0.1, 0.15) is 48.0 Å². The maximum absolute atomic E-state index is 13.7. The predicted octanol–water partition coefficient (Wildman–Crippen LogP) is 4.37. The summed E-state index contributed by atoms with van der Waals surface area (Å²) in [7, 11) is 1.65. The van der Waals surface area contributed by atoms with Crippen molar-refractivity contribution < 1.29 is 14.3 Å². The van der Waals surface area contributed by atoms with Crippen molar-refractivity contribution in [2.24, 2.45) is 0 Å². The van der Waals surface area contributed by atoms with E-state index >= 15 is 0 Å². The average molecular weight is 489 g/mol. The molecule has 2 aliphatic rings. The number of carbonyl (C=O) groups is 1. The van der Waals surface area contributed by atoms with E-state index in [1.807, 2.05) is 53.3 Å². The van der Waals surface area contributed by atoms with E-state index in [0.717, 1.165) is 50.3 Å². The quantitative estimate of drug-likeness (QED) is 0.510. The Hall–Kier alpha value is -3.16. The average Bonchev–Trinajstić information content (AvgIpc) is 3.37. The van der Waals surface area contributed by atoms with Crippen molar-refractivity contribution >= 4 is 5.91 Å². The fourth-order valence-corrected chi connectivity index (χ4v) is 5.67. The Labute approximate surface area is 213 Å². The molecule has 36 heavy (non-hydrogen) atoms. The summed E-state index contributed by atoms with van der Waals surface area (Å²) >= 11 is 0. The second kappa shape index (κ2) is 11.3. The molecule has 0 radical (unpaired) electrons. The Morgan fingerprint density at radius 2 is 1.75 bits per heavy atom. The first kappa shape index (κ1) is 24.5. The van der Waals surface area contributed by atoms with Gasteiger partial charge in [0.2, 0.25) is 0 Å². The maximum atomic E-state index is 13.7. The van der Waals surface area contributed by atoms with Crippen LogP contribution in [-0.2, 0) is 11.3 Å². The number of hydrogen-bond donors (Lipinski definition) is 1. The first-order chi connectivity index (χ1) is 17.7. The van der Waals surface area contributed by atoms with Gasteiger partial charge in [0.05, 0.1) is 32.4 Å². The standard InChI is InChI=1S/C29H36N4O3/c1-35-26-13-7-6-12-24(26)27-25(21-33(31-27)20-23-10-4-2-5-11-23)28(34)30-22-29(14-8-3-9-15-29)32-16-18-36-19-17-32/h2,4-7,10-13,21H,3,8-9,14-20,22H2,1H3,(H,30,34). The predicted molar refractivity (Wildman–Crippen MR) is 140 cm³/mol. The van der Waals surface area contributed by atoms with Crippen LogP contribution < -0.4 is 10.1 Å². The number of aromatic nitrogens is 2. The second-order valence-electron chi connectivity index (χ2n) is 9.84. The van der Waals surface area contributed by atoms with Crippen LogP contribution in [0.5, 0.6) is 5.75 Å². The largest absolute Gasteiger partial charge is 0.496 e. The number of morpholine rings is 1. The summed E-state index contributed by atoms with van der Waals surface area (Å²) in [5, 5.41) is 8.17. The monoisotopic (exact) mass is 488 g/mol. The van der Waals surface area contributed by atoms with Crippen molar-refractivity contribution in [1.29, 1.82) is 0 Å². The van der Waals surface area contributed by atoms with Crippen molar-refractivity contribution in [3.05, 3.63) is 71.9 Å². The third kappa shape index (κ3) is 5.32. The van der Waals surface area contributed by atoms with Crippen LogP contribution in [-0.4, -0.2) is 66.1 Å². The van der Waals surface area contributed by atoms with Gasteiger partial charge in [0.1, 0.15) is 11.4 Å². The fourth-order valence-electron chi connectivity index (χ4n) is 5.67. The minimum absolute atomic E-state index is 0.00230. The third-order valence-corrected chi connectivity index (χ3v) is 7.60.